The van der Waals surface area contributed by atoms with Crippen LogP contribution >= 0.6 is 0 Å². The van der Waals surface area contributed by atoms with E-state index in [9.17, 15) is 4.79 Å². The molecule has 4 aromatic rings. The fourth-order valence-electron chi connectivity index (χ4n) is 4.77. The van der Waals surface area contributed by atoms with E-state index in [1.165, 1.54) is 0 Å². The first kappa shape index (κ1) is 25.0. The van der Waals surface area contributed by atoms with Crippen molar-refractivity contribution in [1.82, 2.24) is 34.9 Å². The minimum absolute atomic E-state index is 0.000707. The van der Waals surface area contributed by atoms with Gasteiger partial charge in [0.25, 0.3) is 0 Å². The molecule has 1 aliphatic rings. The number of amides is 1. The first-order valence-electron chi connectivity index (χ1n) is 13.0. The molecule has 1 amide bonds. The highest BCUT2D eigenvalue weighted by Crippen LogP contribution is 2.29. The number of piperazine rings is 1. The summed E-state index contributed by atoms with van der Waals surface area (Å²) in [5, 5.41) is 10.3. The first-order valence-corrected chi connectivity index (χ1v) is 13.0. The summed E-state index contributed by atoms with van der Waals surface area (Å²) in [4.78, 5) is 31.5. The van der Waals surface area contributed by atoms with Crippen molar-refractivity contribution in [2.45, 2.75) is 39.7 Å². The van der Waals surface area contributed by atoms with Crippen LogP contribution in [0, 0.1) is 6.92 Å². The van der Waals surface area contributed by atoms with Gasteiger partial charge in [-0.25, -0.2) is 4.98 Å². The second-order valence-corrected chi connectivity index (χ2v) is 9.89. The second-order valence-electron chi connectivity index (χ2n) is 9.89. The van der Waals surface area contributed by atoms with Gasteiger partial charge < -0.3 is 10.2 Å². The molecule has 0 atom stereocenters. The van der Waals surface area contributed by atoms with Gasteiger partial charge in [0, 0.05) is 56.1 Å². The minimum atomic E-state index is 0.000707. The summed E-state index contributed by atoms with van der Waals surface area (Å²) in [6, 6.07) is 12.2. The van der Waals surface area contributed by atoms with Crippen molar-refractivity contribution in [2.75, 3.05) is 38.0 Å². The zero-order chi connectivity index (χ0) is 25.8. The number of nitrogens with one attached hydrogen (secondary N) is 2. The predicted molar refractivity (Wildman–Crippen MR) is 146 cm³/mol. The average Bonchev–Trinajstić information content (AvgIpc) is 3.39. The Labute approximate surface area is 217 Å². The molecule has 0 aromatic carbocycles. The molecule has 9 heteroatoms. The third kappa shape index (κ3) is 6.00. The van der Waals surface area contributed by atoms with Crippen LogP contribution in [0.4, 0.5) is 5.69 Å². The molecule has 0 spiro atoms. The molecule has 37 heavy (non-hydrogen) atoms. The number of pyridine rings is 3. The summed E-state index contributed by atoms with van der Waals surface area (Å²) >= 11 is 0. The summed E-state index contributed by atoms with van der Waals surface area (Å²) < 4.78 is 0. The molecular weight excluding hydrogens is 464 g/mol. The van der Waals surface area contributed by atoms with Crippen molar-refractivity contribution in [3.8, 4) is 22.6 Å². The van der Waals surface area contributed by atoms with Crippen LogP contribution < -0.4 is 5.32 Å². The van der Waals surface area contributed by atoms with Crippen LogP contribution in [0.3, 0.4) is 0 Å². The number of carbonyl (C=O) groups is 1. The number of rotatable bonds is 8. The van der Waals surface area contributed by atoms with Crippen molar-refractivity contribution in [3.63, 3.8) is 0 Å². The fourth-order valence-corrected chi connectivity index (χ4v) is 4.77. The Balaban J connectivity index is 1.22. The molecule has 5 heterocycles. The zero-order valence-corrected chi connectivity index (χ0v) is 21.7. The number of fused-ring (bicyclic) bond motifs is 1. The van der Waals surface area contributed by atoms with E-state index in [2.05, 4.69) is 49.1 Å². The first-order chi connectivity index (χ1) is 18.0. The molecule has 1 fully saturated rings. The number of H-pyrrole nitrogens is 1. The Morgan fingerprint density at radius 3 is 2.68 bits per heavy atom. The highest BCUT2D eigenvalue weighted by atomic mass is 16.1. The van der Waals surface area contributed by atoms with E-state index in [0.717, 1.165) is 73.0 Å². The van der Waals surface area contributed by atoms with E-state index >= 15 is 0 Å². The number of aryl methyl sites for hydroxylation is 1. The third-order valence-corrected chi connectivity index (χ3v) is 6.88. The predicted octanol–water partition coefficient (Wildman–Crippen LogP) is 4.14. The molecule has 0 aliphatic carbocycles. The fraction of sp³-hybridized carbons (Fsp3) is 0.393. The van der Waals surface area contributed by atoms with Gasteiger partial charge >= 0.3 is 0 Å². The van der Waals surface area contributed by atoms with Gasteiger partial charge in [-0.1, -0.05) is 6.07 Å². The smallest absolute Gasteiger partial charge is 0.224 e. The normalized spacial score (nSPS) is 14.9. The summed E-state index contributed by atoms with van der Waals surface area (Å²) in [5.41, 5.74) is 6.23. The number of hydrogen-bond donors (Lipinski definition) is 2. The lowest BCUT2D eigenvalue weighted by molar-refractivity contribution is -0.116. The molecule has 1 aliphatic heterocycles. The largest absolute Gasteiger partial charge is 0.325 e. The summed E-state index contributed by atoms with van der Waals surface area (Å²) in [5.74, 6) is 0.000707. The van der Waals surface area contributed by atoms with Gasteiger partial charge in [0.1, 0.15) is 5.69 Å². The lowest BCUT2D eigenvalue weighted by atomic mass is 10.1. The molecule has 0 bridgehead atoms. The van der Waals surface area contributed by atoms with Crippen LogP contribution in [0.15, 0.2) is 48.8 Å². The maximum atomic E-state index is 12.6. The van der Waals surface area contributed by atoms with Crippen LogP contribution in [0.5, 0.6) is 0 Å². The molecule has 2 N–H and O–H groups in total. The summed E-state index contributed by atoms with van der Waals surface area (Å²) in [7, 11) is 0. The Bertz CT molecular complexity index is 1370. The lowest BCUT2D eigenvalue weighted by Gasteiger charge is -2.36. The monoisotopic (exact) mass is 498 g/mol. The topological polar surface area (TPSA) is 103 Å². The number of carbonyl (C=O) groups excluding carboxylic acids is 1. The number of anilines is 1. The number of nitrogens with zero attached hydrogens (tertiary/aromatic N) is 6. The lowest BCUT2D eigenvalue weighted by Crippen LogP contribution is -2.48. The highest BCUT2D eigenvalue weighted by Gasteiger charge is 2.19. The standard InChI is InChI=1S/C28H34N8O/c1-19(2)36-14-12-35(13-15-36)11-5-8-27(37)32-21-16-26-24(29-17-21)10-9-23(33-26)22-18-30-34-28(22)25-7-4-6-20(3)31-25/h4,6-7,9-10,16-19H,5,8,11-15H2,1-3H3,(H,30,34)(H,32,37). The van der Waals surface area contributed by atoms with Gasteiger partial charge in [0.2, 0.25) is 5.91 Å². The van der Waals surface area contributed by atoms with E-state index < -0.39 is 0 Å². The highest BCUT2D eigenvalue weighted by molar-refractivity contribution is 5.93. The minimum Gasteiger partial charge on any atom is -0.325 e. The van der Waals surface area contributed by atoms with Crippen molar-refractivity contribution in [3.05, 3.63) is 54.5 Å². The number of aromatic amines is 1. The van der Waals surface area contributed by atoms with Crippen LogP contribution in [0.25, 0.3) is 33.7 Å². The van der Waals surface area contributed by atoms with Crippen molar-refractivity contribution in [1.29, 1.82) is 0 Å². The van der Waals surface area contributed by atoms with E-state index in [1.807, 2.05) is 49.5 Å². The van der Waals surface area contributed by atoms with E-state index in [4.69, 9.17) is 4.98 Å². The van der Waals surface area contributed by atoms with Crippen molar-refractivity contribution in [2.24, 2.45) is 0 Å². The molecule has 5 rings (SSSR count). The Hall–Kier alpha value is -3.69. The van der Waals surface area contributed by atoms with Crippen molar-refractivity contribution < 1.29 is 4.79 Å². The molecule has 1 saturated heterocycles. The number of aromatic nitrogens is 5. The Morgan fingerprint density at radius 2 is 1.89 bits per heavy atom. The van der Waals surface area contributed by atoms with E-state index in [1.54, 1.807) is 6.20 Å². The zero-order valence-electron chi connectivity index (χ0n) is 21.7. The molecule has 4 aromatic heterocycles. The summed E-state index contributed by atoms with van der Waals surface area (Å²) in [6.45, 7) is 11.7. The molecule has 0 saturated carbocycles. The molecule has 192 valence electrons. The molecular formula is C28H34N8O. The number of hydrogen-bond acceptors (Lipinski definition) is 7. The van der Waals surface area contributed by atoms with E-state index in [0.29, 0.717) is 23.7 Å². The maximum Gasteiger partial charge on any atom is 0.224 e. The van der Waals surface area contributed by atoms with E-state index in [-0.39, 0.29) is 5.91 Å². The molecule has 0 unspecified atom stereocenters. The van der Waals surface area contributed by atoms with Gasteiger partial charge in [-0.15, -0.1) is 0 Å². The Kier molecular flexibility index (Phi) is 7.52. The van der Waals surface area contributed by atoms with Gasteiger partial charge in [-0.2, -0.15) is 5.10 Å². The van der Waals surface area contributed by atoms with Crippen LogP contribution in [0.1, 0.15) is 32.4 Å². The van der Waals surface area contributed by atoms with Crippen molar-refractivity contribution >= 4 is 22.6 Å². The molecule has 0 radical (unpaired) electrons. The maximum absolute atomic E-state index is 12.6. The Morgan fingerprint density at radius 1 is 1.05 bits per heavy atom. The van der Waals surface area contributed by atoms with Gasteiger partial charge in [0.15, 0.2) is 0 Å². The van der Waals surface area contributed by atoms with Crippen LogP contribution in [-0.4, -0.2) is 79.6 Å². The second kappa shape index (κ2) is 11.1. The SMILES string of the molecule is Cc1cccc(-c2n[nH]cc2-c2ccc3ncc(NC(=O)CCCN4CCN(C(C)C)CC4)cc3n2)n1. The van der Waals surface area contributed by atoms with Crippen LogP contribution in [-0.2, 0) is 4.79 Å². The van der Waals surface area contributed by atoms with Crippen LogP contribution in [0.2, 0.25) is 0 Å². The summed E-state index contributed by atoms with van der Waals surface area (Å²) in [6.07, 6.45) is 4.84. The van der Waals surface area contributed by atoms with Gasteiger partial charge in [-0.3, -0.25) is 24.8 Å². The van der Waals surface area contributed by atoms with Gasteiger partial charge in [-0.05, 0) is 64.1 Å². The molecule has 9 nitrogen and oxygen atoms in total. The van der Waals surface area contributed by atoms with Gasteiger partial charge in [0.05, 0.1) is 34.3 Å². The third-order valence-electron chi connectivity index (χ3n) is 6.88. The quantitative estimate of drug-likeness (QED) is 0.376. The average molecular weight is 499 g/mol.